The smallest absolute Gasteiger partial charge is 0.320 e. The lowest BCUT2D eigenvalue weighted by atomic mass is 9.78. The molecule has 7 heteroatoms. The Morgan fingerprint density at radius 2 is 1.90 bits per heavy atom. The van der Waals surface area contributed by atoms with Crippen LogP contribution >= 0.6 is 0 Å². The third-order valence-corrected chi connectivity index (χ3v) is 6.35. The van der Waals surface area contributed by atoms with Gasteiger partial charge in [0.1, 0.15) is 0 Å². The van der Waals surface area contributed by atoms with Crippen molar-refractivity contribution >= 4 is 17.7 Å². The maximum absolute atomic E-state index is 13.0. The summed E-state index contributed by atoms with van der Waals surface area (Å²) in [5, 5.41) is 9.39. The molecule has 0 aliphatic carbocycles. The fraction of sp³-hybridized carbons (Fsp3) is 0.591. The zero-order chi connectivity index (χ0) is 20.2. The number of carboxylic acids is 1. The van der Waals surface area contributed by atoms with Gasteiger partial charge >= 0.3 is 12.0 Å². The maximum atomic E-state index is 13.0. The highest BCUT2D eigenvalue weighted by atomic mass is 16.5. The highest BCUT2D eigenvalue weighted by Crippen LogP contribution is 2.32. The lowest BCUT2D eigenvalue weighted by Crippen LogP contribution is -2.52. The predicted molar refractivity (Wildman–Crippen MR) is 109 cm³/mol. The predicted octanol–water partition coefficient (Wildman–Crippen LogP) is 2.29. The van der Waals surface area contributed by atoms with Crippen LogP contribution in [0.3, 0.4) is 0 Å². The van der Waals surface area contributed by atoms with Crippen molar-refractivity contribution in [3.8, 4) is 0 Å². The highest BCUT2D eigenvalue weighted by molar-refractivity contribution is 6.02. The number of piperidine rings is 1. The number of rotatable bonds is 4. The number of aliphatic imine (C=N–C) groups is 1. The average molecular weight is 399 g/mol. The number of hydrogen-bond acceptors (Lipinski definition) is 4. The molecule has 1 aromatic carbocycles. The van der Waals surface area contributed by atoms with Gasteiger partial charge in [-0.05, 0) is 42.2 Å². The fourth-order valence-corrected chi connectivity index (χ4v) is 4.77. The molecule has 1 N–H and O–H groups in total. The number of benzene rings is 1. The molecule has 29 heavy (non-hydrogen) atoms. The lowest BCUT2D eigenvalue weighted by molar-refractivity contribution is -0.139. The van der Waals surface area contributed by atoms with Gasteiger partial charge in [-0.15, -0.1) is 0 Å². The molecular weight excluding hydrogens is 370 g/mol. The van der Waals surface area contributed by atoms with E-state index in [1.807, 2.05) is 15.9 Å². The molecule has 2 fully saturated rings. The molecule has 0 spiro atoms. The van der Waals surface area contributed by atoms with E-state index >= 15 is 0 Å². The Labute approximate surface area is 171 Å². The Bertz CT molecular complexity index is 788. The number of nitrogens with zero attached hydrogens (tertiary/aromatic N) is 3. The quantitative estimate of drug-likeness (QED) is 0.842. The lowest BCUT2D eigenvalue weighted by Gasteiger charge is -2.41. The van der Waals surface area contributed by atoms with E-state index in [2.05, 4.69) is 18.2 Å². The molecule has 156 valence electrons. The Balaban J connectivity index is 1.50. The number of urea groups is 1. The minimum absolute atomic E-state index is 0.0538. The van der Waals surface area contributed by atoms with Crippen LogP contribution in [0.25, 0.3) is 0 Å². The van der Waals surface area contributed by atoms with E-state index in [0.717, 1.165) is 31.5 Å². The van der Waals surface area contributed by atoms with Crippen molar-refractivity contribution < 1.29 is 19.4 Å². The first-order valence-corrected chi connectivity index (χ1v) is 10.6. The van der Waals surface area contributed by atoms with Crippen molar-refractivity contribution in [3.05, 3.63) is 35.4 Å². The molecule has 1 aromatic rings. The summed E-state index contributed by atoms with van der Waals surface area (Å²) in [6.07, 6.45) is 2.55. The summed E-state index contributed by atoms with van der Waals surface area (Å²) in [6.45, 7) is 4.40. The van der Waals surface area contributed by atoms with Gasteiger partial charge in [0.15, 0.2) is 0 Å². The van der Waals surface area contributed by atoms with Crippen molar-refractivity contribution in [1.29, 1.82) is 0 Å². The number of carboxylic acid groups (broad SMARTS) is 1. The summed E-state index contributed by atoms with van der Waals surface area (Å²) in [5.41, 5.74) is 3.56. The molecule has 2 atom stereocenters. The first-order chi connectivity index (χ1) is 14.1. The van der Waals surface area contributed by atoms with Gasteiger partial charge in [0.2, 0.25) is 0 Å². The standard InChI is InChI=1S/C22H29N3O4/c26-21(27)14-17-6-8-25(22(28)24-9-11-29-12-10-24)15-18(17)13-20-19-4-2-1-3-16(19)5-7-23-20/h1-4,17-18H,5-15H2,(H,26,27)/t17-,18-/m0/s1. The summed E-state index contributed by atoms with van der Waals surface area (Å²) in [4.78, 5) is 32.9. The Morgan fingerprint density at radius 1 is 1.10 bits per heavy atom. The van der Waals surface area contributed by atoms with Gasteiger partial charge in [0, 0.05) is 44.9 Å². The highest BCUT2D eigenvalue weighted by Gasteiger charge is 2.35. The zero-order valence-electron chi connectivity index (χ0n) is 16.8. The molecule has 0 unspecified atom stereocenters. The summed E-state index contributed by atoms with van der Waals surface area (Å²) in [5.74, 6) is -0.591. The SMILES string of the molecule is O=C(O)C[C@@H]1CCN(C(=O)N2CCOCC2)C[C@@H]1CC1=NCCc2ccccc21. The molecule has 0 saturated carbocycles. The largest absolute Gasteiger partial charge is 0.481 e. The van der Waals surface area contributed by atoms with Crippen LogP contribution in [0, 0.1) is 11.8 Å². The number of fused-ring (bicyclic) bond motifs is 1. The van der Waals surface area contributed by atoms with Gasteiger partial charge in [-0.25, -0.2) is 4.79 Å². The number of ether oxygens (including phenoxy) is 1. The molecule has 2 amide bonds. The van der Waals surface area contributed by atoms with Crippen LogP contribution in [0.5, 0.6) is 0 Å². The van der Waals surface area contributed by atoms with Gasteiger partial charge in [-0.1, -0.05) is 24.3 Å². The van der Waals surface area contributed by atoms with E-state index in [1.54, 1.807) is 0 Å². The summed E-state index contributed by atoms with van der Waals surface area (Å²) in [6, 6.07) is 8.40. The second-order valence-electron chi connectivity index (χ2n) is 8.17. The number of hydrogen-bond donors (Lipinski definition) is 1. The van der Waals surface area contributed by atoms with Gasteiger partial charge in [0.05, 0.1) is 13.2 Å². The first-order valence-electron chi connectivity index (χ1n) is 10.6. The number of carbonyl (C=O) groups is 2. The van der Waals surface area contributed by atoms with E-state index in [4.69, 9.17) is 9.73 Å². The molecule has 4 rings (SSSR count). The Morgan fingerprint density at radius 3 is 2.69 bits per heavy atom. The molecule has 0 bridgehead atoms. The Hall–Kier alpha value is -2.41. The van der Waals surface area contributed by atoms with E-state index in [9.17, 15) is 14.7 Å². The van der Waals surface area contributed by atoms with Crippen LogP contribution in [0.4, 0.5) is 4.79 Å². The molecular formula is C22H29N3O4. The van der Waals surface area contributed by atoms with Gasteiger partial charge in [-0.2, -0.15) is 0 Å². The second-order valence-corrected chi connectivity index (χ2v) is 8.17. The number of aliphatic carboxylic acids is 1. The topological polar surface area (TPSA) is 82.4 Å². The van der Waals surface area contributed by atoms with Crippen LogP contribution in [0.15, 0.2) is 29.3 Å². The van der Waals surface area contributed by atoms with E-state index in [0.29, 0.717) is 39.4 Å². The first kappa shape index (κ1) is 19.9. The van der Waals surface area contributed by atoms with Gasteiger partial charge in [0.25, 0.3) is 0 Å². The fourth-order valence-electron chi connectivity index (χ4n) is 4.77. The van der Waals surface area contributed by atoms with Crippen molar-refractivity contribution in [2.45, 2.75) is 25.7 Å². The minimum Gasteiger partial charge on any atom is -0.481 e. The average Bonchev–Trinajstić information content (AvgIpc) is 2.75. The van der Waals surface area contributed by atoms with Crippen LogP contribution in [-0.4, -0.2) is 78.6 Å². The van der Waals surface area contributed by atoms with Crippen molar-refractivity contribution in [2.24, 2.45) is 16.8 Å². The number of likely N-dealkylation sites (tertiary alicyclic amines) is 1. The van der Waals surface area contributed by atoms with E-state index in [1.165, 1.54) is 11.1 Å². The molecule has 3 aliphatic rings. The van der Waals surface area contributed by atoms with Crippen LogP contribution in [-0.2, 0) is 16.0 Å². The summed E-state index contributed by atoms with van der Waals surface area (Å²) < 4.78 is 5.36. The molecule has 0 radical (unpaired) electrons. The van der Waals surface area contributed by atoms with Gasteiger partial charge in [-0.3, -0.25) is 9.79 Å². The van der Waals surface area contributed by atoms with Crippen molar-refractivity contribution in [3.63, 3.8) is 0 Å². The molecule has 3 heterocycles. The van der Waals surface area contributed by atoms with Crippen molar-refractivity contribution in [2.75, 3.05) is 45.9 Å². The number of amides is 2. The second kappa shape index (κ2) is 8.95. The van der Waals surface area contributed by atoms with E-state index < -0.39 is 5.97 Å². The Kier molecular flexibility index (Phi) is 6.13. The monoisotopic (exact) mass is 399 g/mol. The third-order valence-electron chi connectivity index (χ3n) is 6.35. The summed E-state index contributed by atoms with van der Waals surface area (Å²) >= 11 is 0. The van der Waals surface area contributed by atoms with Crippen LogP contribution in [0.1, 0.15) is 30.4 Å². The maximum Gasteiger partial charge on any atom is 0.320 e. The van der Waals surface area contributed by atoms with E-state index in [-0.39, 0.29) is 24.3 Å². The van der Waals surface area contributed by atoms with Crippen molar-refractivity contribution in [1.82, 2.24) is 9.80 Å². The molecule has 7 nitrogen and oxygen atoms in total. The number of carbonyl (C=O) groups excluding carboxylic acids is 1. The summed E-state index contributed by atoms with van der Waals surface area (Å²) in [7, 11) is 0. The third kappa shape index (κ3) is 4.61. The van der Waals surface area contributed by atoms with Crippen LogP contribution < -0.4 is 0 Å². The molecule has 0 aromatic heterocycles. The molecule has 2 saturated heterocycles. The minimum atomic E-state index is -0.765. The number of morpholine rings is 1. The van der Waals surface area contributed by atoms with Gasteiger partial charge < -0.3 is 19.6 Å². The normalized spacial score (nSPS) is 24.6. The zero-order valence-corrected chi connectivity index (χ0v) is 16.8. The van der Waals surface area contributed by atoms with Crippen LogP contribution in [0.2, 0.25) is 0 Å². The molecule has 3 aliphatic heterocycles.